The highest BCUT2D eigenvalue weighted by Crippen LogP contribution is 2.06. The molecule has 1 saturated heterocycles. The second-order valence-corrected chi connectivity index (χ2v) is 3.69. The lowest BCUT2D eigenvalue weighted by molar-refractivity contribution is -0.270. The Labute approximate surface area is 90.6 Å². The molecule has 1 rings (SSSR count). The summed E-state index contributed by atoms with van der Waals surface area (Å²) in [4.78, 5) is 14.2. The van der Waals surface area contributed by atoms with Crippen LogP contribution in [-0.2, 0) is 4.74 Å². The van der Waals surface area contributed by atoms with E-state index >= 15 is 0 Å². The monoisotopic (exact) mass is 215 g/mol. The van der Waals surface area contributed by atoms with Gasteiger partial charge in [-0.1, -0.05) is 13.8 Å². The zero-order chi connectivity index (χ0) is 11.3. The summed E-state index contributed by atoms with van der Waals surface area (Å²) >= 11 is 0. The molecule has 15 heavy (non-hydrogen) atoms. The predicted octanol–water partition coefficient (Wildman–Crippen LogP) is -0.628. The Morgan fingerprint density at radius 2 is 2.20 bits per heavy atom. The van der Waals surface area contributed by atoms with Gasteiger partial charge in [0.25, 0.3) is 0 Å². The van der Waals surface area contributed by atoms with Gasteiger partial charge in [0.15, 0.2) is 0 Å². The molecule has 0 N–H and O–H groups in total. The predicted molar refractivity (Wildman–Crippen MR) is 54.5 cm³/mol. The number of amides is 1. The Morgan fingerprint density at radius 3 is 2.73 bits per heavy atom. The molecule has 0 bridgehead atoms. The Morgan fingerprint density at radius 1 is 1.53 bits per heavy atom. The third-order valence-corrected chi connectivity index (χ3v) is 2.75. The average Bonchev–Trinajstić information content (AvgIpc) is 2.26. The van der Waals surface area contributed by atoms with E-state index in [4.69, 9.17) is 4.74 Å². The van der Waals surface area contributed by atoms with Crippen LogP contribution in [0.1, 0.15) is 13.8 Å². The van der Waals surface area contributed by atoms with E-state index in [1.54, 1.807) is 0 Å². The van der Waals surface area contributed by atoms with E-state index in [1.807, 2.05) is 0 Å². The molecule has 1 fully saturated rings. The molecule has 1 aliphatic heterocycles. The zero-order valence-electron chi connectivity index (χ0n) is 9.44. The second-order valence-electron chi connectivity index (χ2n) is 3.69. The van der Waals surface area contributed by atoms with E-state index in [9.17, 15) is 9.90 Å². The van der Waals surface area contributed by atoms with Gasteiger partial charge in [-0.2, -0.15) is 0 Å². The molecule has 0 aliphatic carbocycles. The number of ether oxygens (including phenoxy) is 1. The third kappa shape index (κ3) is 3.68. The highest BCUT2D eigenvalue weighted by molar-refractivity contribution is 5.62. The number of rotatable bonds is 4. The van der Waals surface area contributed by atoms with Crippen molar-refractivity contribution in [1.82, 2.24) is 9.80 Å². The standard InChI is InChI=1S/C10H20N2O3/c1-3-11(4-2)7-9-8-12(10(13)14)5-6-15-9/h9H,3-8H2,1-2H3,(H,13,14)/p-1. The van der Waals surface area contributed by atoms with Gasteiger partial charge in [0.2, 0.25) is 0 Å². The van der Waals surface area contributed by atoms with Crippen LogP contribution >= 0.6 is 0 Å². The average molecular weight is 215 g/mol. The summed E-state index contributed by atoms with van der Waals surface area (Å²) in [6, 6.07) is 0. The van der Waals surface area contributed by atoms with Crippen molar-refractivity contribution in [3.05, 3.63) is 0 Å². The van der Waals surface area contributed by atoms with Crippen LogP contribution in [-0.4, -0.2) is 61.3 Å². The van der Waals surface area contributed by atoms with Crippen LogP contribution in [0.3, 0.4) is 0 Å². The van der Waals surface area contributed by atoms with E-state index in [2.05, 4.69) is 18.7 Å². The Kier molecular flexibility index (Phi) is 4.84. The van der Waals surface area contributed by atoms with Gasteiger partial charge in [-0.05, 0) is 13.1 Å². The second kappa shape index (κ2) is 5.92. The first-order valence-corrected chi connectivity index (χ1v) is 5.47. The van der Waals surface area contributed by atoms with E-state index in [-0.39, 0.29) is 6.10 Å². The highest BCUT2D eigenvalue weighted by atomic mass is 16.5. The number of carbonyl (C=O) groups excluding carboxylic acids is 1. The maximum atomic E-state index is 10.7. The van der Waals surface area contributed by atoms with Crippen LogP contribution in [0, 0.1) is 0 Å². The van der Waals surface area contributed by atoms with Gasteiger partial charge >= 0.3 is 0 Å². The van der Waals surface area contributed by atoms with Crippen molar-refractivity contribution in [2.24, 2.45) is 0 Å². The Hall–Kier alpha value is -0.810. The maximum absolute atomic E-state index is 10.7. The topological polar surface area (TPSA) is 55.8 Å². The molecule has 0 radical (unpaired) electrons. The van der Waals surface area contributed by atoms with E-state index < -0.39 is 6.09 Å². The lowest BCUT2D eigenvalue weighted by Crippen LogP contribution is -2.53. The molecule has 1 atom stereocenters. The largest absolute Gasteiger partial charge is 0.530 e. The van der Waals surface area contributed by atoms with Crippen molar-refractivity contribution in [2.45, 2.75) is 20.0 Å². The minimum absolute atomic E-state index is 0.0171. The molecule has 1 aliphatic rings. The molecule has 1 amide bonds. The molecule has 88 valence electrons. The SMILES string of the molecule is CCN(CC)CC1CN(C(=O)[O-])CCO1. The third-order valence-electron chi connectivity index (χ3n) is 2.75. The van der Waals surface area contributed by atoms with Crippen molar-refractivity contribution in [2.75, 3.05) is 39.3 Å². The van der Waals surface area contributed by atoms with Crippen LogP contribution in [0.15, 0.2) is 0 Å². The van der Waals surface area contributed by atoms with Crippen LogP contribution in [0.2, 0.25) is 0 Å². The van der Waals surface area contributed by atoms with Crippen molar-refractivity contribution in [1.29, 1.82) is 0 Å². The minimum atomic E-state index is -1.09. The normalized spacial score (nSPS) is 22.1. The smallest absolute Gasteiger partial charge is 0.137 e. The Bertz CT molecular complexity index is 207. The fourth-order valence-electron chi connectivity index (χ4n) is 1.77. The number of carbonyl (C=O) groups is 1. The Balaban J connectivity index is 2.38. The van der Waals surface area contributed by atoms with Crippen LogP contribution in [0.25, 0.3) is 0 Å². The number of carboxylic acid groups (broad SMARTS) is 1. The van der Waals surface area contributed by atoms with Gasteiger partial charge in [-0.3, -0.25) is 0 Å². The summed E-state index contributed by atoms with van der Waals surface area (Å²) in [5.74, 6) is 0. The van der Waals surface area contributed by atoms with Gasteiger partial charge in [0.05, 0.1) is 12.7 Å². The summed E-state index contributed by atoms with van der Waals surface area (Å²) in [6.07, 6.45) is -1.11. The van der Waals surface area contributed by atoms with Crippen molar-refractivity contribution in [3.8, 4) is 0 Å². The fourth-order valence-corrected chi connectivity index (χ4v) is 1.77. The van der Waals surface area contributed by atoms with Crippen molar-refractivity contribution >= 4 is 6.09 Å². The number of morpholine rings is 1. The van der Waals surface area contributed by atoms with Crippen LogP contribution in [0.4, 0.5) is 4.79 Å². The molecular formula is C10H19N2O3-. The van der Waals surface area contributed by atoms with E-state index in [0.29, 0.717) is 19.7 Å². The summed E-state index contributed by atoms with van der Waals surface area (Å²) < 4.78 is 5.52. The molecule has 0 aromatic heterocycles. The van der Waals surface area contributed by atoms with Gasteiger partial charge in [-0.25, -0.2) is 0 Å². The zero-order valence-corrected chi connectivity index (χ0v) is 9.44. The van der Waals surface area contributed by atoms with Gasteiger partial charge in [0.1, 0.15) is 6.09 Å². The van der Waals surface area contributed by atoms with Gasteiger partial charge < -0.3 is 24.4 Å². The maximum Gasteiger partial charge on any atom is 0.137 e. The summed E-state index contributed by atoms with van der Waals surface area (Å²) in [6.45, 7) is 8.21. The molecule has 5 nitrogen and oxygen atoms in total. The molecule has 1 heterocycles. The number of hydrogen-bond donors (Lipinski definition) is 0. The number of hydrogen-bond acceptors (Lipinski definition) is 4. The first kappa shape index (κ1) is 12.3. The first-order valence-electron chi connectivity index (χ1n) is 5.47. The first-order chi connectivity index (χ1) is 7.17. The quantitative estimate of drug-likeness (QED) is 0.626. The molecule has 1 unspecified atom stereocenters. The molecule has 0 spiro atoms. The van der Waals surface area contributed by atoms with E-state index in [1.165, 1.54) is 4.90 Å². The van der Waals surface area contributed by atoms with E-state index in [0.717, 1.165) is 19.6 Å². The highest BCUT2D eigenvalue weighted by Gasteiger charge is 2.21. The molecule has 0 saturated carbocycles. The van der Waals surface area contributed by atoms with Crippen molar-refractivity contribution in [3.63, 3.8) is 0 Å². The molecular weight excluding hydrogens is 196 g/mol. The van der Waals surface area contributed by atoms with Crippen molar-refractivity contribution < 1.29 is 14.6 Å². The molecule has 0 aromatic rings. The lowest BCUT2D eigenvalue weighted by Gasteiger charge is -2.36. The minimum Gasteiger partial charge on any atom is -0.530 e. The summed E-state index contributed by atoms with van der Waals surface area (Å²) in [5, 5.41) is 10.7. The van der Waals surface area contributed by atoms with Gasteiger partial charge in [-0.15, -0.1) is 0 Å². The fraction of sp³-hybridized carbons (Fsp3) is 0.900. The summed E-state index contributed by atoms with van der Waals surface area (Å²) in [7, 11) is 0. The summed E-state index contributed by atoms with van der Waals surface area (Å²) in [5.41, 5.74) is 0. The number of likely N-dealkylation sites (N-methyl/N-ethyl adjacent to an activating group) is 1. The van der Waals surface area contributed by atoms with Gasteiger partial charge in [0, 0.05) is 19.6 Å². The molecule has 5 heteroatoms. The lowest BCUT2D eigenvalue weighted by atomic mass is 10.2. The van der Waals surface area contributed by atoms with Crippen LogP contribution in [0.5, 0.6) is 0 Å². The van der Waals surface area contributed by atoms with Crippen LogP contribution < -0.4 is 5.11 Å². The number of nitrogens with zero attached hydrogens (tertiary/aromatic N) is 2. The molecule has 0 aromatic carbocycles.